The number of hydrogen-bond donors (Lipinski definition) is 1. The zero-order valence-electron chi connectivity index (χ0n) is 9.45. The van der Waals surface area contributed by atoms with Crippen LogP contribution in [0.25, 0.3) is 0 Å². The topological polar surface area (TPSA) is 42.2 Å². The van der Waals surface area contributed by atoms with Crippen LogP contribution in [-0.2, 0) is 6.42 Å². The van der Waals surface area contributed by atoms with Crippen LogP contribution in [0.3, 0.4) is 0 Å². The van der Waals surface area contributed by atoms with Crippen LogP contribution in [0.5, 0.6) is 0 Å². The van der Waals surface area contributed by atoms with Gasteiger partial charge in [0.25, 0.3) is 5.91 Å². The number of amides is 1. The number of carbonyl (C=O) groups is 1. The lowest BCUT2D eigenvalue weighted by Gasteiger charge is -2.04. The second-order valence-corrected chi connectivity index (χ2v) is 4.46. The highest BCUT2D eigenvalue weighted by atomic mass is 79.9. The van der Waals surface area contributed by atoms with Crippen molar-refractivity contribution >= 4 is 21.8 Å². The van der Waals surface area contributed by atoms with Crippen LogP contribution in [0.4, 0.5) is 4.39 Å². The minimum atomic E-state index is -0.267. The van der Waals surface area contributed by atoms with Crippen LogP contribution in [0.1, 0.15) is 15.9 Å². The second-order valence-electron chi connectivity index (χ2n) is 3.74. The summed E-state index contributed by atoms with van der Waals surface area (Å²) >= 11 is 3.14. The Bertz CT molecular complexity index is 553. The molecule has 5 heteroatoms. The van der Waals surface area contributed by atoms with Crippen LogP contribution in [0.2, 0.25) is 0 Å². The van der Waals surface area contributed by atoms with E-state index in [1.54, 1.807) is 12.1 Å². The number of halogens is 2. The van der Waals surface area contributed by atoms with Crippen molar-refractivity contribution in [2.24, 2.45) is 0 Å². The third kappa shape index (κ3) is 3.20. The molecule has 0 bridgehead atoms. The molecule has 0 aliphatic heterocycles. The van der Waals surface area contributed by atoms with Crippen LogP contribution in [0.15, 0.2) is 45.7 Å². The van der Waals surface area contributed by atoms with E-state index in [1.807, 2.05) is 6.07 Å². The molecule has 0 spiro atoms. The number of hydrogen-bond acceptors (Lipinski definition) is 2. The number of furan rings is 1. The molecule has 0 radical (unpaired) electrons. The van der Waals surface area contributed by atoms with Crippen molar-refractivity contribution in [3.8, 4) is 0 Å². The molecule has 1 amide bonds. The first-order valence-corrected chi connectivity index (χ1v) is 6.22. The van der Waals surface area contributed by atoms with Gasteiger partial charge in [0.05, 0.1) is 11.8 Å². The Kier molecular flexibility index (Phi) is 4.15. The minimum absolute atomic E-state index is 0.216. The third-order valence-electron chi connectivity index (χ3n) is 2.45. The van der Waals surface area contributed by atoms with E-state index in [2.05, 4.69) is 21.2 Å². The molecule has 1 aromatic heterocycles. The lowest BCUT2D eigenvalue weighted by molar-refractivity contribution is 0.0952. The highest BCUT2D eigenvalue weighted by Gasteiger charge is 2.11. The molecule has 0 fully saturated rings. The Morgan fingerprint density at radius 3 is 2.89 bits per heavy atom. The Balaban J connectivity index is 1.86. The first-order valence-electron chi connectivity index (χ1n) is 5.42. The van der Waals surface area contributed by atoms with E-state index in [0.29, 0.717) is 23.2 Å². The van der Waals surface area contributed by atoms with Gasteiger partial charge in [0.2, 0.25) is 0 Å². The molecule has 0 saturated heterocycles. The summed E-state index contributed by atoms with van der Waals surface area (Å²) in [6, 6.07) is 7.91. The Labute approximate surface area is 112 Å². The minimum Gasteiger partial charge on any atom is -0.457 e. The second kappa shape index (κ2) is 5.82. The van der Waals surface area contributed by atoms with E-state index in [0.717, 1.165) is 5.56 Å². The van der Waals surface area contributed by atoms with Crippen molar-refractivity contribution < 1.29 is 13.6 Å². The van der Waals surface area contributed by atoms with Crippen molar-refractivity contribution in [1.29, 1.82) is 0 Å². The van der Waals surface area contributed by atoms with Gasteiger partial charge in [-0.3, -0.25) is 4.79 Å². The van der Waals surface area contributed by atoms with Gasteiger partial charge in [-0.1, -0.05) is 12.1 Å². The summed E-state index contributed by atoms with van der Waals surface area (Å²) in [4.78, 5) is 11.7. The van der Waals surface area contributed by atoms with Gasteiger partial charge in [0.1, 0.15) is 5.82 Å². The summed E-state index contributed by atoms with van der Waals surface area (Å²) in [5.74, 6) is -0.483. The van der Waals surface area contributed by atoms with Crippen molar-refractivity contribution in [2.75, 3.05) is 6.54 Å². The van der Waals surface area contributed by atoms with Crippen molar-refractivity contribution in [3.05, 3.63) is 58.2 Å². The van der Waals surface area contributed by atoms with Gasteiger partial charge < -0.3 is 9.73 Å². The van der Waals surface area contributed by atoms with Crippen LogP contribution >= 0.6 is 15.9 Å². The van der Waals surface area contributed by atoms with Crippen LogP contribution in [-0.4, -0.2) is 12.5 Å². The standard InChI is InChI=1S/C13H11BrFNO2/c14-12-11(5-7-18-12)13(17)16-6-4-9-2-1-3-10(15)8-9/h1-3,5,7-8H,4,6H2,(H,16,17). The number of nitrogens with one attached hydrogen (secondary N) is 1. The summed E-state index contributed by atoms with van der Waals surface area (Å²) < 4.78 is 18.3. The Morgan fingerprint density at radius 2 is 2.22 bits per heavy atom. The number of benzene rings is 1. The lowest BCUT2D eigenvalue weighted by Crippen LogP contribution is -2.25. The zero-order valence-corrected chi connectivity index (χ0v) is 11.0. The first kappa shape index (κ1) is 12.8. The van der Waals surface area contributed by atoms with Crippen molar-refractivity contribution in [3.63, 3.8) is 0 Å². The van der Waals surface area contributed by atoms with E-state index in [4.69, 9.17) is 4.42 Å². The molecule has 2 rings (SSSR count). The van der Waals surface area contributed by atoms with Gasteiger partial charge in [0, 0.05) is 6.54 Å². The van der Waals surface area contributed by atoms with E-state index in [-0.39, 0.29) is 11.7 Å². The smallest absolute Gasteiger partial charge is 0.255 e. The van der Waals surface area contributed by atoms with Gasteiger partial charge in [-0.15, -0.1) is 0 Å². The van der Waals surface area contributed by atoms with Crippen LogP contribution in [0, 0.1) is 5.82 Å². The maximum Gasteiger partial charge on any atom is 0.255 e. The molecular weight excluding hydrogens is 301 g/mol. The largest absolute Gasteiger partial charge is 0.457 e. The zero-order chi connectivity index (χ0) is 13.0. The van der Waals surface area contributed by atoms with E-state index in [1.165, 1.54) is 18.4 Å². The number of rotatable bonds is 4. The summed E-state index contributed by atoms with van der Waals surface area (Å²) in [6.07, 6.45) is 2.02. The third-order valence-corrected chi connectivity index (χ3v) is 3.06. The van der Waals surface area contributed by atoms with Gasteiger partial charge in [-0.25, -0.2) is 4.39 Å². The van der Waals surface area contributed by atoms with Gasteiger partial charge in [-0.2, -0.15) is 0 Å². The number of carbonyl (C=O) groups excluding carboxylic acids is 1. The quantitative estimate of drug-likeness (QED) is 0.942. The molecule has 3 nitrogen and oxygen atoms in total. The van der Waals surface area contributed by atoms with Gasteiger partial charge >= 0.3 is 0 Å². The summed E-state index contributed by atoms with van der Waals surface area (Å²) in [5, 5.41) is 2.74. The Hall–Kier alpha value is -1.62. The van der Waals surface area contributed by atoms with Crippen LogP contribution < -0.4 is 5.32 Å². The van der Waals surface area contributed by atoms with Gasteiger partial charge in [-0.05, 0) is 46.1 Å². The molecular formula is C13H11BrFNO2. The molecule has 0 aliphatic rings. The van der Waals surface area contributed by atoms with E-state index in [9.17, 15) is 9.18 Å². The summed E-state index contributed by atoms with van der Waals surface area (Å²) in [6.45, 7) is 0.444. The average molecular weight is 312 g/mol. The molecule has 1 aromatic carbocycles. The fourth-order valence-electron chi connectivity index (χ4n) is 1.56. The van der Waals surface area contributed by atoms with Gasteiger partial charge in [0.15, 0.2) is 4.67 Å². The highest BCUT2D eigenvalue weighted by molar-refractivity contribution is 9.10. The SMILES string of the molecule is O=C(NCCc1cccc(F)c1)c1ccoc1Br. The Morgan fingerprint density at radius 1 is 1.39 bits per heavy atom. The molecule has 1 heterocycles. The van der Waals surface area contributed by atoms with Crippen molar-refractivity contribution in [1.82, 2.24) is 5.32 Å². The molecule has 18 heavy (non-hydrogen) atoms. The molecule has 0 unspecified atom stereocenters. The maximum atomic E-state index is 12.9. The fraction of sp³-hybridized carbons (Fsp3) is 0.154. The van der Waals surface area contributed by atoms with E-state index < -0.39 is 0 Å². The maximum absolute atomic E-state index is 12.9. The predicted molar refractivity (Wildman–Crippen MR) is 68.8 cm³/mol. The van der Waals surface area contributed by atoms with E-state index >= 15 is 0 Å². The highest BCUT2D eigenvalue weighted by Crippen LogP contribution is 2.17. The monoisotopic (exact) mass is 311 g/mol. The first-order chi connectivity index (χ1) is 8.66. The molecule has 2 aromatic rings. The molecule has 94 valence electrons. The van der Waals surface area contributed by atoms with Crippen molar-refractivity contribution in [2.45, 2.75) is 6.42 Å². The lowest BCUT2D eigenvalue weighted by atomic mass is 10.1. The molecule has 0 aliphatic carbocycles. The average Bonchev–Trinajstić information content (AvgIpc) is 2.75. The normalized spacial score (nSPS) is 10.3. The molecule has 1 N–H and O–H groups in total. The summed E-state index contributed by atoms with van der Waals surface area (Å²) in [7, 11) is 0. The molecule has 0 atom stereocenters. The predicted octanol–water partition coefficient (Wildman–Crippen LogP) is 3.15. The fourth-order valence-corrected chi connectivity index (χ4v) is 1.98. The molecule has 0 saturated carbocycles. The summed E-state index contributed by atoms with van der Waals surface area (Å²) in [5.41, 5.74) is 1.30.